The fraction of sp³-hybridized carbons (Fsp3) is 0.571. The van der Waals surface area contributed by atoms with Crippen molar-refractivity contribution in [3.05, 3.63) is 21.3 Å². The minimum atomic E-state index is -0.394. The lowest BCUT2D eigenvalue weighted by atomic mass is 10.2. The summed E-state index contributed by atoms with van der Waals surface area (Å²) in [5.74, 6) is 0.878. The molecule has 21 heavy (non-hydrogen) atoms. The number of hydrogen-bond acceptors (Lipinski definition) is 5. The molecular weight excluding hydrogens is 330 g/mol. The van der Waals surface area contributed by atoms with E-state index < -0.39 is 6.04 Å². The van der Waals surface area contributed by atoms with Gasteiger partial charge < -0.3 is 9.64 Å². The van der Waals surface area contributed by atoms with Crippen LogP contribution in [0.3, 0.4) is 0 Å². The highest BCUT2D eigenvalue weighted by Gasteiger charge is 2.34. The molecule has 4 nitrogen and oxygen atoms in total. The number of thiophene rings is 1. The summed E-state index contributed by atoms with van der Waals surface area (Å²) in [4.78, 5) is 26.9. The number of esters is 1. The van der Waals surface area contributed by atoms with Crippen molar-refractivity contribution in [1.82, 2.24) is 4.90 Å². The molecular formula is C14H18ClNO3S2. The average molecular weight is 348 g/mol. The van der Waals surface area contributed by atoms with E-state index in [-0.39, 0.29) is 11.9 Å². The first kappa shape index (κ1) is 16.6. The van der Waals surface area contributed by atoms with Gasteiger partial charge in [-0.1, -0.05) is 11.6 Å². The Hall–Kier alpha value is -0.720. The van der Waals surface area contributed by atoms with Crippen molar-refractivity contribution in [2.24, 2.45) is 0 Å². The maximum absolute atomic E-state index is 12.2. The van der Waals surface area contributed by atoms with Crippen molar-refractivity contribution in [3.8, 4) is 0 Å². The number of hydrogen-bond donors (Lipinski definition) is 0. The summed E-state index contributed by atoms with van der Waals surface area (Å²) < 4.78 is 5.79. The molecule has 1 aromatic heterocycles. The van der Waals surface area contributed by atoms with Gasteiger partial charge in [0.25, 0.3) is 0 Å². The Morgan fingerprint density at radius 1 is 1.52 bits per heavy atom. The monoisotopic (exact) mass is 347 g/mol. The molecule has 1 unspecified atom stereocenters. The van der Waals surface area contributed by atoms with Crippen LogP contribution in [0.15, 0.2) is 12.1 Å². The maximum Gasteiger partial charge on any atom is 0.328 e. The fourth-order valence-corrected chi connectivity index (χ4v) is 4.41. The third kappa shape index (κ3) is 4.63. The molecule has 7 heteroatoms. The average Bonchev–Trinajstić information content (AvgIpc) is 3.08. The first-order valence-electron chi connectivity index (χ1n) is 6.90. The molecule has 0 bridgehead atoms. The molecule has 1 amide bonds. The molecule has 0 aromatic carbocycles. The van der Waals surface area contributed by atoms with Gasteiger partial charge in [-0.3, -0.25) is 4.79 Å². The van der Waals surface area contributed by atoms with Gasteiger partial charge in [0.1, 0.15) is 6.04 Å². The highest BCUT2D eigenvalue weighted by molar-refractivity contribution is 7.99. The predicted octanol–water partition coefficient (Wildman–Crippen LogP) is 3.19. The van der Waals surface area contributed by atoms with Gasteiger partial charge in [0, 0.05) is 17.2 Å². The van der Waals surface area contributed by atoms with Crippen LogP contribution in [0.25, 0.3) is 0 Å². The lowest BCUT2D eigenvalue weighted by Gasteiger charge is -2.22. The molecule has 1 saturated heterocycles. The number of nitrogens with zero attached hydrogens (tertiary/aromatic N) is 1. The Labute approximate surface area is 137 Å². The van der Waals surface area contributed by atoms with E-state index in [2.05, 4.69) is 0 Å². The van der Waals surface area contributed by atoms with Gasteiger partial charge in [-0.15, -0.1) is 23.1 Å². The quantitative estimate of drug-likeness (QED) is 0.741. The normalized spacial score (nSPS) is 18.0. The van der Waals surface area contributed by atoms with Gasteiger partial charge in [0.2, 0.25) is 5.91 Å². The summed E-state index contributed by atoms with van der Waals surface area (Å²) in [6, 6.07) is 3.44. The Kier molecular flexibility index (Phi) is 6.39. The van der Waals surface area contributed by atoms with Crippen LogP contribution in [0.4, 0.5) is 0 Å². The number of halogens is 1. The first-order chi connectivity index (χ1) is 10.1. The molecule has 2 rings (SSSR count). The summed E-state index contributed by atoms with van der Waals surface area (Å²) in [6.45, 7) is 2.78. The van der Waals surface area contributed by atoms with E-state index in [0.717, 1.165) is 21.4 Å². The molecule has 116 valence electrons. The van der Waals surface area contributed by atoms with Gasteiger partial charge in [-0.2, -0.15) is 0 Å². The number of carbonyl (C=O) groups is 2. The predicted molar refractivity (Wildman–Crippen MR) is 86.9 cm³/mol. The molecule has 1 fully saturated rings. The number of thioether (sulfide) groups is 1. The van der Waals surface area contributed by atoms with E-state index in [1.54, 1.807) is 23.6 Å². The zero-order valence-electron chi connectivity index (χ0n) is 11.8. The van der Waals surface area contributed by atoms with E-state index in [4.69, 9.17) is 16.3 Å². The molecule has 2 heterocycles. The van der Waals surface area contributed by atoms with Gasteiger partial charge in [-0.25, -0.2) is 4.79 Å². The molecule has 1 aliphatic heterocycles. The van der Waals surface area contributed by atoms with Gasteiger partial charge in [0.15, 0.2) is 0 Å². The van der Waals surface area contributed by atoms with Crippen LogP contribution in [0.1, 0.15) is 24.6 Å². The van der Waals surface area contributed by atoms with E-state index in [1.807, 2.05) is 12.1 Å². The summed E-state index contributed by atoms with van der Waals surface area (Å²) >= 11 is 8.95. The molecule has 0 N–H and O–H groups in total. The number of rotatable bonds is 6. The second kappa shape index (κ2) is 8.06. The van der Waals surface area contributed by atoms with Gasteiger partial charge in [-0.05, 0) is 31.9 Å². The van der Waals surface area contributed by atoms with Crippen LogP contribution in [0.5, 0.6) is 0 Å². The van der Waals surface area contributed by atoms with Crippen molar-refractivity contribution in [1.29, 1.82) is 0 Å². The minimum absolute atomic E-state index is 0.0122. The van der Waals surface area contributed by atoms with E-state index in [9.17, 15) is 9.59 Å². The van der Waals surface area contributed by atoms with Gasteiger partial charge in [0.05, 0.1) is 16.7 Å². The Morgan fingerprint density at radius 3 is 3.00 bits per heavy atom. The van der Waals surface area contributed by atoms with Crippen molar-refractivity contribution in [3.63, 3.8) is 0 Å². The topological polar surface area (TPSA) is 46.6 Å². The Bertz CT molecular complexity index is 506. The smallest absolute Gasteiger partial charge is 0.328 e. The Morgan fingerprint density at radius 2 is 2.33 bits per heavy atom. The lowest BCUT2D eigenvalue weighted by Crippen LogP contribution is -2.42. The van der Waals surface area contributed by atoms with Crippen LogP contribution in [0.2, 0.25) is 4.34 Å². The third-order valence-corrected chi connectivity index (χ3v) is 5.61. The number of carbonyl (C=O) groups excluding carboxylic acids is 2. The van der Waals surface area contributed by atoms with Crippen molar-refractivity contribution in [2.45, 2.75) is 31.6 Å². The number of amides is 1. The standard InChI is InChI=1S/C14H18ClNO3S2/c1-2-19-14(18)11-4-3-7-16(11)13(17)9-20-8-10-5-6-12(15)21-10/h5-6,11H,2-4,7-9H2,1H3. The highest BCUT2D eigenvalue weighted by Crippen LogP contribution is 2.26. The SMILES string of the molecule is CCOC(=O)C1CCCN1C(=O)CSCc1ccc(Cl)s1. The number of likely N-dealkylation sites (tertiary alicyclic amines) is 1. The lowest BCUT2D eigenvalue weighted by molar-refractivity contribution is -0.152. The van der Waals surface area contributed by atoms with Crippen molar-refractivity contribution >= 4 is 46.6 Å². The zero-order valence-corrected chi connectivity index (χ0v) is 14.2. The molecule has 0 spiro atoms. The van der Waals surface area contributed by atoms with Crippen molar-refractivity contribution < 1.29 is 14.3 Å². The zero-order chi connectivity index (χ0) is 15.2. The number of ether oxygens (including phenoxy) is 1. The molecule has 0 aliphatic carbocycles. The Balaban J connectivity index is 1.80. The fourth-order valence-electron chi connectivity index (χ4n) is 2.30. The summed E-state index contributed by atoms with van der Waals surface area (Å²) in [5, 5.41) is 0. The first-order valence-corrected chi connectivity index (χ1v) is 9.24. The van der Waals surface area contributed by atoms with E-state index in [0.29, 0.717) is 25.3 Å². The highest BCUT2D eigenvalue weighted by atomic mass is 35.5. The van der Waals surface area contributed by atoms with Crippen LogP contribution < -0.4 is 0 Å². The summed E-state index contributed by atoms with van der Waals surface area (Å²) in [6.07, 6.45) is 1.57. The van der Waals surface area contributed by atoms with Crippen molar-refractivity contribution in [2.75, 3.05) is 18.9 Å². The van der Waals surface area contributed by atoms with Crippen LogP contribution in [-0.2, 0) is 20.1 Å². The summed E-state index contributed by atoms with van der Waals surface area (Å²) in [7, 11) is 0. The largest absolute Gasteiger partial charge is 0.464 e. The second-order valence-electron chi connectivity index (χ2n) is 4.70. The van der Waals surface area contributed by atoms with Gasteiger partial charge >= 0.3 is 5.97 Å². The molecule has 0 radical (unpaired) electrons. The third-order valence-electron chi connectivity index (χ3n) is 3.23. The maximum atomic E-state index is 12.2. The molecule has 1 aliphatic rings. The van der Waals surface area contributed by atoms with E-state index in [1.165, 1.54) is 11.3 Å². The van der Waals surface area contributed by atoms with Crippen LogP contribution in [0, 0.1) is 0 Å². The molecule has 1 aromatic rings. The minimum Gasteiger partial charge on any atom is -0.464 e. The molecule has 0 saturated carbocycles. The summed E-state index contributed by atoms with van der Waals surface area (Å²) in [5.41, 5.74) is 0. The second-order valence-corrected chi connectivity index (χ2v) is 7.48. The van der Waals surface area contributed by atoms with Crippen LogP contribution in [-0.4, -0.2) is 41.7 Å². The van der Waals surface area contributed by atoms with Crippen LogP contribution >= 0.6 is 34.7 Å². The van der Waals surface area contributed by atoms with E-state index >= 15 is 0 Å². The molecule has 1 atom stereocenters.